The highest BCUT2D eigenvalue weighted by Crippen LogP contribution is 2.34. The number of hydrogen-bond acceptors (Lipinski definition) is 6. The molecule has 2 N–H and O–H groups in total. The lowest BCUT2D eigenvalue weighted by atomic mass is 9.96. The van der Waals surface area contributed by atoms with E-state index in [1.165, 1.54) is 18.2 Å². The highest BCUT2D eigenvalue weighted by Gasteiger charge is 2.33. The molecule has 146 valence electrons. The first kappa shape index (κ1) is 21.2. The summed E-state index contributed by atoms with van der Waals surface area (Å²) in [6.45, 7) is 5.26. The van der Waals surface area contributed by atoms with Gasteiger partial charge in [0.05, 0.1) is 17.0 Å². The summed E-state index contributed by atoms with van der Waals surface area (Å²) in [5, 5.41) is 12.8. The first-order valence-electron chi connectivity index (χ1n) is 7.70. The zero-order valence-electron chi connectivity index (χ0n) is 14.7. The smallest absolute Gasteiger partial charge is 0.325 e. The minimum Gasteiger partial charge on any atom is -0.325 e. The van der Waals surface area contributed by atoms with Crippen molar-refractivity contribution in [2.24, 2.45) is 5.41 Å². The predicted molar refractivity (Wildman–Crippen MR) is 98.8 cm³/mol. The van der Waals surface area contributed by atoms with Gasteiger partial charge in [0.1, 0.15) is 0 Å². The molecule has 0 spiro atoms. The minimum atomic E-state index is -4.56. The van der Waals surface area contributed by atoms with Crippen molar-refractivity contribution in [2.75, 3.05) is 16.4 Å². The second-order valence-corrected chi connectivity index (χ2v) is 8.66. The van der Waals surface area contributed by atoms with Crippen LogP contribution in [0.3, 0.4) is 0 Å². The fraction of sp³-hybridized carbons (Fsp3) is 0.375. The maximum Gasteiger partial charge on any atom is 0.418 e. The van der Waals surface area contributed by atoms with Gasteiger partial charge in [0.25, 0.3) is 0 Å². The number of hydrogen-bond donors (Lipinski definition) is 2. The Morgan fingerprint density at radius 1 is 1.11 bits per heavy atom. The maximum absolute atomic E-state index is 12.9. The molecule has 1 aromatic heterocycles. The number of alkyl halides is 3. The first-order valence-corrected chi connectivity index (χ1v) is 9.51. The summed E-state index contributed by atoms with van der Waals surface area (Å²) in [4.78, 5) is 23.9. The van der Waals surface area contributed by atoms with Crippen LogP contribution in [0.5, 0.6) is 0 Å². The minimum absolute atomic E-state index is 0.145. The number of benzene rings is 1. The average Bonchev–Trinajstić information content (AvgIpc) is 2.99. The third kappa shape index (κ3) is 6.21. The Hall–Kier alpha value is -2.14. The molecular formula is C16H17F3N4O2S2. The number of para-hydroxylation sites is 1. The molecule has 2 rings (SSSR count). The summed E-state index contributed by atoms with van der Waals surface area (Å²) in [6.07, 6.45) is -4.56. The van der Waals surface area contributed by atoms with Crippen LogP contribution in [0.25, 0.3) is 0 Å². The third-order valence-corrected chi connectivity index (χ3v) is 5.11. The number of anilines is 2. The highest BCUT2D eigenvalue weighted by atomic mass is 32.2. The molecule has 2 aromatic rings. The molecule has 27 heavy (non-hydrogen) atoms. The lowest BCUT2D eigenvalue weighted by Crippen LogP contribution is -2.27. The van der Waals surface area contributed by atoms with Gasteiger partial charge in [-0.3, -0.25) is 9.59 Å². The van der Waals surface area contributed by atoms with E-state index in [0.29, 0.717) is 9.47 Å². The summed E-state index contributed by atoms with van der Waals surface area (Å²) in [7, 11) is 0. The van der Waals surface area contributed by atoms with Crippen LogP contribution in [-0.2, 0) is 15.8 Å². The monoisotopic (exact) mass is 418 g/mol. The quantitative estimate of drug-likeness (QED) is 0.560. The van der Waals surface area contributed by atoms with Crippen LogP contribution in [0.1, 0.15) is 26.3 Å². The van der Waals surface area contributed by atoms with E-state index in [1.807, 2.05) is 0 Å². The van der Waals surface area contributed by atoms with Crippen molar-refractivity contribution in [3.05, 3.63) is 29.8 Å². The number of rotatable bonds is 5. The van der Waals surface area contributed by atoms with Crippen molar-refractivity contribution in [3.8, 4) is 0 Å². The van der Waals surface area contributed by atoms with Crippen molar-refractivity contribution in [2.45, 2.75) is 31.3 Å². The standard InChI is InChI=1S/C16H17F3N4O2S2/c1-15(2,3)12(25)21-13-22-23-14(27-13)26-8-11(24)20-10-7-5-4-6-9(10)16(17,18)19/h4-7H,8H2,1-3H3,(H,20,24)(H,21,22,25). The summed E-state index contributed by atoms with van der Waals surface area (Å²) < 4.78 is 39.2. The molecular weight excluding hydrogens is 401 g/mol. The molecule has 0 unspecified atom stereocenters. The van der Waals surface area contributed by atoms with Gasteiger partial charge in [-0.2, -0.15) is 13.2 Å². The Morgan fingerprint density at radius 3 is 2.41 bits per heavy atom. The SMILES string of the molecule is CC(C)(C)C(=O)Nc1nnc(SCC(=O)Nc2ccccc2C(F)(F)F)s1. The van der Waals surface area contributed by atoms with Gasteiger partial charge < -0.3 is 10.6 Å². The molecule has 0 atom stereocenters. The Morgan fingerprint density at radius 2 is 1.78 bits per heavy atom. The van der Waals surface area contributed by atoms with Crippen molar-refractivity contribution < 1.29 is 22.8 Å². The van der Waals surface area contributed by atoms with Crippen molar-refractivity contribution >= 4 is 45.7 Å². The predicted octanol–water partition coefficient (Wildman–Crippen LogP) is 4.27. The molecule has 0 saturated carbocycles. The van der Waals surface area contributed by atoms with Gasteiger partial charge in [-0.05, 0) is 12.1 Å². The summed E-state index contributed by atoms with van der Waals surface area (Å²) >= 11 is 2.10. The molecule has 1 heterocycles. The largest absolute Gasteiger partial charge is 0.418 e. The van der Waals surface area contributed by atoms with E-state index in [4.69, 9.17) is 0 Å². The number of carbonyl (C=O) groups is 2. The average molecular weight is 418 g/mol. The Kier molecular flexibility index (Phi) is 6.47. The Balaban J connectivity index is 1.93. The normalized spacial score (nSPS) is 11.9. The molecule has 0 aliphatic rings. The number of carbonyl (C=O) groups excluding carboxylic acids is 2. The van der Waals surface area contributed by atoms with Gasteiger partial charge in [0.15, 0.2) is 4.34 Å². The Labute approximate surface area is 161 Å². The first-order chi connectivity index (χ1) is 12.5. The van der Waals surface area contributed by atoms with Gasteiger partial charge in [-0.25, -0.2) is 0 Å². The molecule has 1 aromatic carbocycles. The van der Waals surface area contributed by atoms with Crippen LogP contribution in [0.2, 0.25) is 0 Å². The molecule has 0 aliphatic heterocycles. The summed E-state index contributed by atoms with van der Waals surface area (Å²) in [5.41, 5.74) is -1.80. The van der Waals surface area contributed by atoms with Crippen LogP contribution >= 0.6 is 23.1 Å². The molecule has 0 radical (unpaired) electrons. The zero-order valence-corrected chi connectivity index (χ0v) is 16.3. The van der Waals surface area contributed by atoms with Crippen molar-refractivity contribution in [1.29, 1.82) is 0 Å². The lowest BCUT2D eigenvalue weighted by Gasteiger charge is -2.15. The van der Waals surface area contributed by atoms with E-state index in [-0.39, 0.29) is 17.3 Å². The molecule has 0 bridgehead atoms. The van der Waals surface area contributed by atoms with Gasteiger partial charge >= 0.3 is 6.18 Å². The van der Waals surface area contributed by atoms with E-state index >= 15 is 0 Å². The van der Waals surface area contributed by atoms with E-state index < -0.39 is 23.1 Å². The van der Waals surface area contributed by atoms with Crippen LogP contribution in [0.4, 0.5) is 24.0 Å². The molecule has 0 aliphatic carbocycles. The van der Waals surface area contributed by atoms with E-state index in [9.17, 15) is 22.8 Å². The van der Waals surface area contributed by atoms with E-state index in [2.05, 4.69) is 20.8 Å². The fourth-order valence-electron chi connectivity index (χ4n) is 1.76. The van der Waals surface area contributed by atoms with Crippen LogP contribution < -0.4 is 10.6 Å². The second-order valence-electron chi connectivity index (χ2n) is 6.46. The van der Waals surface area contributed by atoms with Crippen LogP contribution in [-0.4, -0.2) is 27.8 Å². The van der Waals surface area contributed by atoms with Crippen LogP contribution in [0, 0.1) is 5.41 Å². The summed E-state index contributed by atoms with van der Waals surface area (Å²) in [5.74, 6) is -0.975. The molecule has 11 heteroatoms. The fourth-order valence-corrected chi connectivity index (χ4v) is 3.30. The van der Waals surface area contributed by atoms with Gasteiger partial charge in [0.2, 0.25) is 16.9 Å². The van der Waals surface area contributed by atoms with E-state index in [0.717, 1.165) is 29.2 Å². The number of thioether (sulfide) groups is 1. The number of aromatic nitrogens is 2. The molecule has 0 fully saturated rings. The molecule has 6 nitrogen and oxygen atoms in total. The topological polar surface area (TPSA) is 84.0 Å². The molecule has 0 saturated heterocycles. The number of halogens is 3. The van der Waals surface area contributed by atoms with Gasteiger partial charge in [-0.15, -0.1) is 10.2 Å². The Bertz CT molecular complexity index is 832. The number of amides is 2. The van der Waals surface area contributed by atoms with Gasteiger partial charge in [-0.1, -0.05) is 56.0 Å². The lowest BCUT2D eigenvalue weighted by molar-refractivity contribution is -0.137. The second kappa shape index (κ2) is 8.26. The van der Waals surface area contributed by atoms with Crippen molar-refractivity contribution in [3.63, 3.8) is 0 Å². The molecule has 2 amide bonds. The number of nitrogens with zero attached hydrogens (tertiary/aromatic N) is 2. The zero-order chi connectivity index (χ0) is 20.2. The number of nitrogens with one attached hydrogen (secondary N) is 2. The van der Waals surface area contributed by atoms with Gasteiger partial charge in [0, 0.05) is 5.41 Å². The summed E-state index contributed by atoms with van der Waals surface area (Å²) in [6, 6.07) is 4.75. The van der Waals surface area contributed by atoms with Crippen LogP contribution in [0.15, 0.2) is 28.6 Å². The third-order valence-electron chi connectivity index (χ3n) is 3.14. The maximum atomic E-state index is 12.9. The van der Waals surface area contributed by atoms with Crippen molar-refractivity contribution in [1.82, 2.24) is 10.2 Å². The highest BCUT2D eigenvalue weighted by molar-refractivity contribution is 8.01. The van der Waals surface area contributed by atoms with E-state index in [1.54, 1.807) is 20.8 Å².